The predicted octanol–water partition coefficient (Wildman–Crippen LogP) is 2.56. The Kier molecular flexibility index (Phi) is 6.16. The second-order valence-electron chi connectivity index (χ2n) is 4.90. The van der Waals surface area contributed by atoms with Crippen LogP contribution in [0.4, 0.5) is 5.69 Å². The van der Waals surface area contributed by atoms with E-state index in [1.54, 1.807) is 0 Å². The maximum absolute atomic E-state index is 9.29. The molecule has 0 fully saturated rings. The molecule has 0 saturated heterocycles. The van der Waals surface area contributed by atoms with Gasteiger partial charge in [0.05, 0.1) is 6.10 Å². The Morgan fingerprint density at radius 3 is 2.33 bits per heavy atom. The molecule has 0 heterocycles. The smallest absolute Gasteiger partial charge is 0.0528 e. The molecular weight excluding hydrogens is 224 g/mol. The molecule has 1 aromatic rings. The van der Waals surface area contributed by atoms with Crippen molar-refractivity contribution in [2.45, 2.75) is 38.8 Å². The number of aliphatic hydroxyl groups excluding tert-OH is 1. The van der Waals surface area contributed by atoms with Crippen molar-refractivity contribution in [3.8, 4) is 0 Å². The van der Waals surface area contributed by atoms with E-state index in [-0.39, 0.29) is 6.10 Å². The third-order valence-electron chi connectivity index (χ3n) is 3.38. The van der Waals surface area contributed by atoms with Crippen LogP contribution in [-0.2, 0) is 0 Å². The van der Waals surface area contributed by atoms with Crippen LogP contribution in [0.1, 0.15) is 38.3 Å². The summed E-state index contributed by atoms with van der Waals surface area (Å²) in [6.45, 7) is 4.89. The molecule has 18 heavy (non-hydrogen) atoms. The molecule has 102 valence electrons. The predicted molar refractivity (Wildman–Crippen MR) is 78.1 cm³/mol. The van der Waals surface area contributed by atoms with Crippen LogP contribution in [0.15, 0.2) is 24.3 Å². The van der Waals surface area contributed by atoms with Crippen molar-refractivity contribution in [3.05, 3.63) is 29.8 Å². The summed E-state index contributed by atoms with van der Waals surface area (Å²) in [7, 11) is 4.06. The molecule has 1 rings (SSSR count). The van der Waals surface area contributed by atoms with E-state index >= 15 is 0 Å². The summed E-state index contributed by atoms with van der Waals surface area (Å²) in [5.74, 6) is 0. The number of benzene rings is 1. The minimum Gasteiger partial charge on any atom is -0.393 e. The SMILES string of the molecule is CCC(NC)c1ccc(N(C)CCC(C)O)cc1. The van der Waals surface area contributed by atoms with E-state index in [9.17, 15) is 5.11 Å². The quantitative estimate of drug-likeness (QED) is 0.780. The average molecular weight is 250 g/mol. The van der Waals surface area contributed by atoms with E-state index in [2.05, 4.69) is 48.5 Å². The standard InChI is InChI=1S/C15H26N2O/c1-5-15(16-3)13-6-8-14(9-7-13)17(4)11-10-12(2)18/h6-9,12,15-16,18H,5,10-11H2,1-4H3. The van der Waals surface area contributed by atoms with Gasteiger partial charge in [-0.25, -0.2) is 0 Å². The first-order valence-electron chi connectivity index (χ1n) is 6.74. The van der Waals surface area contributed by atoms with E-state index in [0.29, 0.717) is 6.04 Å². The summed E-state index contributed by atoms with van der Waals surface area (Å²) >= 11 is 0. The molecule has 0 radical (unpaired) electrons. The van der Waals surface area contributed by atoms with Gasteiger partial charge in [0.1, 0.15) is 0 Å². The van der Waals surface area contributed by atoms with Crippen molar-refractivity contribution in [2.75, 3.05) is 25.5 Å². The van der Waals surface area contributed by atoms with Crippen molar-refractivity contribution < 1.29 is 5.11 Å². The van der Waals surface area contributed by atoms with Gasteiger partial charge in [0.15, 0.2) is 0 Å². The minimum atomic E-state index is -0.236. The van der Waals surface area contributed by atoms with Gasteiger partial charge in [0.25, 0.3) is 0 Å². The first-order chi connectivity index (χ1) is 8.58. The Bertz CT molecular complexity index is 331. The summed E-state index contributed by atoms with van der Waals surface area (Å²) in [4.78, 5) is 2.18. The van der Waals surface area contributed by atoms with Crippen molar-refractivity contribution in [1.82, 2.24) is 5.32 Å². The highest BCUT2D eigenvalue weighted by atomic mass is 16.3. The molecule has 0 aliphatic carbocycles. The molecule has 3 heteroatoms. The van der Waals surface area contributed by atoms with Gasteiger partial charge in [-0.1, -0.05) is 19.1 Å². The van der Waals surface area contributed by atoms with Crippen LogP contribution in [0.2, 0.25) is 0 Å². The van der Waals surface area contributed by atoms with E-state index < -0.39 is 0 Å². The molecule has 0 amide bonds. The fraction of sp³-hybridized carbons (Fsp3) is 0.600. The Balaban J connectivity index is 2.64. The second kappa shape index (κ2) is 7.39. The molecule has 0 aliphatic rings. The molecular formula is C15H26N2O. The van der Waals surface area contributed by atoms with Gasteiger partial charge in [-0.3, -0.25) is 0 Å². The van der Waals surface area contributed by atoms with Crippen LogP contribution in [-0.4, -0.2) is 31.9 Å². The molecule has 0 spiro atoms. The third kappa shape index (κ3) is 4.31. The van der Waals surface area contributed by atoms with Crippen LogP contribution in [0.3, 0.4) is 0 Å². The van der Waals surface area contributed by atoms with Gasteiger partial charge in [-0.05, 0) is 44.5 Å². The first-order valence-corrected chi connectivity index (χ1v) is 6.74. The van der Waals surface area contributed by atoms with E-state index in [1.807, 2.05) is 14.0 Å². The normalized spacial score (nSPS) is 14.3. The van der Waals surface area contributed by atoms with Crippen LogP contribution in [0, 0.1) is 0 Å². The third-order valence-corrected chi connectivity index (χ3v) is 3.38. The Labute approximate surface area is 111 Å². The zero-order valence-corrected chi connectivity index (χ0v) is 12.0. The summed E-state index contributed by atoms with van der Waals surface area (Å²) in [6, 6.07) is 9.09. The van der Waals surface area contributed by atoms with Crippen LogP contribution in [0.5, 0.6) is 0 Å². The minimum absolute atomic E-state index is 0.236. The molecule has 3 nitrogen and oxygen atoms in total. The fourth-order valence-electron chi connectivity index (χ4n) is 2.08. The number of hydrogen-bond donors (Lipinski definition) is 2. The molecule has 2 N–H and O–H groups in total. The highest BCUT2D eigenvalue weighted by Gasteiger charge is 2.07. The average Bonchev–Trinajstić information content (AvgIpc) is 2.38. The Morgan fingerprint density at radius 1 is 1.28 bits per heavy atom. The lowest BCUT2D eigenvalue weighted by Gasteiger charge is -2.21. The van der Waals surface area contributed by atoms with E-state index in [4.69, 9.17) is 0 Å². The van der Waals surface area contributed by atoms with Crippen molar-refractivity contribution in [2.24, 2.45) is 0 Å². The highest BCUT2D eigenvalue weighted by molar-refractivity contribution is 5.47. The second-order valence-corrected chi connectivity index (χ2v) is 4.90. The lowest BCUT2D eigenvalue weighted by Crippen LogP contribution is -2.22. The summed E-state index contributed by atoms with van der Waals surface area (Å²) < 4.78 is 0. The van der Waals surface area contributed by atoms with Gasteiger partial charge < -0.3 is 15.3 Å². The topological polar surface area (TPSA) is 35.5 Å². The van der Waals surface area contributed by atoms with Crippen LogP contribution < -0.4 is 10.2 Å². The highest BCUT2D eigenvalue weighted by Crippen LogP contribution is 2.20. The molecule has 0 aliphatic heterocycles. The summed E-state index contributed by atoms with van der Waals surface area (Å²) in [6.07, 6.45) is 1.65. The number of anilines is 1. The van der Waals surface area contributed by atoms with Crippen molar-refractivity contribution in [1.29, 1.82) is 0 Å². The molecule has 1 aromatic carbocycles. The summed E-state index contributed by atoms with van der Waals surface area (Å²) in [5.41, 5.74) is 2.53. The monoisotopic (exact) mass is 250 g/mol. The number of rotatable bonds is 7. The number of nitrogens with one attached hydrogen (secondary N) is 1. The first kappa shape index (κ1) is 15.0. The zero-order valence-electron chi connectivity index (χ0n) is 12.0. The maximum Gasteiger partial charge on any atom is 0.0528 e. The van der Waals surface area contributed by atoms with Gasteiger partial charge in [-0.15, -0.1) is 0 Å². The van der Waals surface area contributed by atoms with E-state index in [0.717, 1.165) is 19.4 Å². The van der Waals surface area contributed by atoms with Crippen LogP contribution >= 0.6 is 0 Å². The van der Waals surface area contributed by atoms with Gasteiger partial charge in [-0.2, -0.15) is 0 Å². The lowest BCUT2D eigenvalue weighted by atomic mass is 10.0. The molecule has 0 bridgehead atoms. The fourth-order valence-corrected chi connectivity index (χ4v) is 2.08. The number of aliphatic hydroxyl groups is 1. The van der Waals surface area contributed by atoms with Crippen molar-refractivity contribution in [3.63, 3.8) is 0 Å². The van der Waals surface area contributed by atoms with Gasteiger partial charge >= 0.3 is 0 Å². The van der Waals surface area contributed by atoms with Gasteiger partial charge in [0, 0.05) is 25.3 Å². The van der Waals surface area contributed by atoms with Crippen molar-refractivity contribution >= 4 is 5.69 Å². The molecule has 2 atom stereocenters. The largest absolute Gasteiger partial charge is 0.393 e. The Morgan fingerprint density at radius 2 is 1.89 bits per heavy atom. The lowest BCUT2D eigenvalue weighted by molar-refractivity contribution is 0.187. The Hall–Kier alpha value is -1.06. The summed E-state index contributed by atoms with van der Waals surface area (Å²) in [5, 5.41) is 12.6. The van der Waals surface area contributed by atoms with Gasteiger partial charge in [0.2, 0.25) is 0 Å². The number of nitrogens with zero attached hydrogens (tertiary/aromatic N) is 1. The molecule has 2 unspecified atom stereocenters. The maximum atomic E-state index is 9.29. The number of hydrogen-bond acceptors (Lipinski definition) is 3. The van der Waals surface area contributed by atoms with Crippen LogP contribution in [0.25, 0.3) is 0 Å². The van der Waals surface area contributed by atoms with E-state index in [1.165, 1.54) is 11.3 Å². The zero-order chi connectivity index (χ0) is 13.5. The molecule has 0 aromatic heterocycles. The molecule has 0 saturated carbocycles.